The fourth-order valence-corrected chi connectivity index (χ4v) is 3.67. The largest absolute Gasteiger partial charge is 0.379 e. The number of rotatable bonds is 6. The summed E-state index contributed by atoms with van der Waals surface area (Å²) in [6, 6.07) is 2.45. The number of nitrogens with one attached hydrogen (secondary N) is 1. The van der Waals surface area contributed by atoms with Gasteiger partial charge in [-0.25, -0.2) is 12.7 Å². The number of nitrogens with zero attached hydrogens (tertiary/aromatic N) is 2. The van der Waals surface area contributed by atoms with E-state index in [2.05, 4.69) is 5.32 Å². The van der Waals surface area contributed by atoms with Gasteiger partial charge in [-0.1, -0.05) is 0 Å². The highest BCUT2D eigenvalue weighted by Crippen LogP contribution is 2.17. The highest BCUT2D eigenvalue weighted by atomic mass is 32.2. The molecule has 2 rings (SSSR count). The first kappa shape index (κ1) is 18.6. The van der Waals surface area contributed by atoms with E-state index in [9.17, 15) is 18.0 Å². The van der Waals surface area contributed by atoms with Crippen LogP contribution in [0.4, 0.5) is 0 Å². The van der Waals surface area contributed by atoms with Crippen LogP contribution in [-0.2, 0) is 21.3 Å². The molecule has 24 heavy (non-hydrogen) atoms. The van der Waals surface area contributed by atoms with Crippen LogP contribution in [-0.4, -0.2) is 62.3 Å². The zero-order valence-corrected chi connectivity index (χ0v) is 14.9. The van der Waals surface area contributed by atoms with Crippen molar-refractivity contribution in [2.24, 2.45) is 5.92 Å². The lowest BCUT2D eigenvalue weighted by molar-refractivity contribution is 0.0925. The molecule has 0 aromatic carbocycles. The van der Waals surface area contributed by atoms with Gasteiger partial charge in [-0.3, -0.25) is 9.59 Å². The van der Waals surface area contributed by atoms with Crippen LogP contribution in [0.5, 0.6) is 0 Å². The summed E-state index contributed by atoms with van der Waals surface area (Å²) in [4.78, 5) is 24.1. The first-order valence-electron chi connectivity index (χ1n) is 7.74. The standard InChI is InChI=1S/C15H23N3O5S/c1-4-18-6-5-11(7-14(18)19)15(20)16-13-9-23-8-12(13)10-24(21,22)17(2)3/h5-7,12-13H,4,8-10H2,1-3H3,(H,16,20)/t12-,13-/m0/s1. The molecule has 1 aliphatic heterocycles. The van der Waals surface area contributed by atoms with Gasteiger partial charge in [0.15, 0.2) is 0 Å². The Bertz CT molecular complexity index is 757. The molecule has 8 nitrogen and oxygen atoms in total. The van der Waals surface area contributed by atoms with E-state index in [0.717, 1.165) is 4.31 Å². The Kier molecular flexibility index (Phi) is 5.79. The Morgan fingerprint density at radius 1 is 1.42 bits per heavy atom. The second-order valence-electron chi connectivity index (χ2n) is 5.98. The summed E-state index contributed by atoms with van der Waals surface area (Å²) < 4.78 is 32.0. The lowest BCUT2D eigenvalue weighted by atomic mass is 10.1. The van der Waals surface area contributed by atoms with Crippen LogP contribution >= 0.6 is 0 Å². The zero-order valence-electron chi connectivity index (χ0n) is 14.1. The average Bonchev–Trinajstić information content (AvgIpc) is 2.93. The molecule has 0 saturated carbocycles. The van der Waals surface area contributed by atoms with Gasteiger partial charge < -0.3 is 14.6 Å². The van der Waals surface area contributed by atoms with Crippen molar-refractivity contribution in [2.75, 3.05) is 33.1 Å². The molecule has 1 N–H and O–H groups in total. The molecule has 2 heterocycles. The molecule has 0 radical (unpaired) electrons. The minimum absolute atomic E-state index is 0.0949. The molecule has 134 valence electrons. The van der Waals surface area contributed by atoms with Gasteiger partial charge in [0.25, 0.3) is 11.5 Å². The van der Waals surface area contributed by atoms with Crippen molar-refractivity contribution in [3.05, 3.63) is 34.2 Å². The van der Waals surface area contributed by atoms with Gasteiger partial charge in [0, 0.05) is 44.4 Å². The summed E-state index contributed by atoms with van der Waals surface area (Å²) in [5.41, 5.74) is 0.00498. The van der Waals surface area contributed by atoms with E-state index in [4.69, 9.17) is 4.74 Å². The summed E-state index contributed by atoms with van der Waals surface area (Å²) in [6.07, 6.45) is 1.57. The van der Waals surface area contributed by atoms with Gasteiger partial charge in [0.05, 0.1) is 25.0 Å². The lowest BCUT2D eigenvalue weighted by Crippen LogP contribution is -2.43. The van der Waals surface area contributed by atoms with Gasteiger partial charge in [-0.05, 0) is 13.0 Å². The monoisotopic (exact) mass is 357 g/mol. The van der Waals surface area contributed by atoms with Crippen molar-refractivity contribution in [3.8, 4) is 0 Å². The quantitative estimate of drug-likeness (QED) is 0.740. The third-order valence-corrected chi connectivity index (χ3v) is 6.06. The highest BCUT2D eigenvalue weighted by molar-refractivity contribution is 7.89. The molecule has 0 aliphatic carbocycles. The van der Waals surface area contributed by atoms with E-state index in [1.54, 1.807) is 12.3 Å². The predicted molar refractivity (Wildman–Crippen MR) is 89.4 cm³/mol. The van der Waals surface area contributed by atoms with E-state index in [1.165, 1.54) is 24.7 Å². The molecule has 0 unspecified atom stereocenters. The molecule has 1 aromatic heterocycles. The van der Waals surface area contributed by atoms with E-state index < -0.39 is 22.0 Å². The Morgan fingerprint density at radius 2 is 2.12 bits per heavy atom. The zero-order chi connectivity index (χ0) is 17.9. The number of carbonyl (C=O) groups excluding carboxylic acids is 1. The smallest absolute Gasteiger partial charge is 0.251 e. The third kappa shape index (κ3) is 4.22. The van der Waals surface area contributed by atoms with Crippen LogP contribution in [0.2, 0.25) is 0 Å². The van der Waals surface area contributed by atoms with Crippen molar-refractivity contribution in [2.45, 2.75) is 19.5 Å². The molecular weight excluding hydrogens is 334 g/mol. The molecule has 0 spiro atoms. The number of hydrogen-bond acceptors (Lipinski definition) is 5. The average molecular weight is 357 g/mol. The van der Waals surface area contributed by atoms with Crippen molar-refractivity contribution in [3.63, 3.8) is 0 Å². The van der Waals surface area contributed by atoms with Crippen molar-refractivity contribution >= 4 is 15.9 Å². The van der Waals surface area contributed by atoms with E-state index >= 15 is 0 Å². The maximum absolute atomic E-state index is 12.3. The minimum Gasteiger partial charge on any atom is -0.379 e. The molecule has 1 saturated heterocycles. The fourth-order valence-electron chi connectivity index (χ4n) is 2.50. The Labute approximate surface area is 141 Å². The number of aryl methyl sites for hydroxylation is 1. The number of pyridine rings is 1. The van der Waals surface area contributed by atoms with Gasteiger partial charge in [0.2, 0.25) is 10.0 Å². The number of carbonyl (C=O) groups is 1. The summed E-state index contributed by atoms with van der Waals surface area (Å²) in [5, 5.41) is 2.78. The van der Waals surface area contributed by atoms with E-state index in [1.807, 2.05) is 6.92 Å². The molecular formula is C15H23N3O5S. The van der Waals surface area contributed by atoms with Crippen LogP contribution in [0.25, 0.3) is 0 Å². The van der Waals surface area contributed by atoms with Crippen LogP contribution in [0.15, 0.2) is 23.1 Å². The summed E-state index contributed by atoms with van der Waals surface area (Å²) in [5.74, 6) is -0.821. The number of aromatic nitrogens is 1. The highest BCUT2D eigenvalue weighted by Gasteiger charge is 2.34. The van der Waals surface area contributed by atoms with E-state index in [-0.39, 0.29) is 36.0 Å². The van der Waals surface area contributed by atoms with Crippen molar-refractivity contribution < 1.29 is 17.9 Å². The summed E-state index contributed by atoms with van der Waals surface area (Å²) in [7, 11) is -0.435. The fraction of sp³-hybridized carbons (Fsp3) is 0.600. The number of amides is 1. The third-order valence-electron chi connectivity index (χ3n) is 4.09. The predicted octanol–water partition coefficient (Wildman–Crippen LogP) is -0.496. The second kappa shape index (κ2) is 7.45. The molecule has 0 bridgehead atoms. The second-order valence-corrected chi connectivity index (χ2v) is 8.21. The Morgan fingerprint density at radius 3 is 2.71 bits per heavy atom. The van der Waals surface area contributed by atoms with Gasteiger partial charge in [-0.2, -0.15) is 0 Å². The number of sulfonamides is 1. The van der Waals surface area contributed by atoms with Crippen LogP contribution in [0.3, 0.4) is 0 Å². The van der Waals surface area contributed by atoms with E-state index in [0.29, 0.717) is 6.54 Å². The minimum atomic E-state index is -3.38. The summed E-state index contributed by atoms with van der Waals surface area (Å²) in [6.45, 7) is 2.90. The SMILES string of the molecule is CCn1ccc(C(=O)N[C@H]2COC[C@H]2CS(=O)(=O)N(C)C)cc1=O. The van der Waals surface area contributed by atoms with Crippen molar-refractivity contribution in [1.29, 1.82) is 0 Å². The molecule has 2 atom stereocenters. The maximum Gasteiger partial charge on any atom is 0.251 e. The first-order valence-corrected chi connectivity index (χ1v) is 9.35. The molecule has 9 heteroatoms. The van der Waals surface area contributed by atoms with Gasteiger partial charge in [-0.15, -0.1) is 0 Å². The number of hydrogen-bond donors (Lipinski definition) is 1. The molecule has 1 aromatic rings. The Balaban J connectivity index is 2.08. The lowest BCUT2D eigenvalue weighted by Gasteiger charge is -2.21. The van der Waals surface area contributed by atoms with Crippen LogP contribution in [0, 0.1) is 5.92 Å². The summed E-state index contributed by atoms with van der Waals surface area (Å²) >= 11 is 0. The van der Waals surface area contributed by atoms with Crippen LogP contribution < -0.4 is 10.9 Å². The molecule has 1 amide bonds. The number of ether oxygens (including phenoxy) is 1. The van der Waals surface area contributed by atoms with Gasteiger partial charge >= 0.3 is 0 Å². The molecule has 1 aliphatic rings. The Hall–Kier alpha value is -1.71. The normalized spacial score (nSPS) is 21.2. The van der Waals surface area contributed by atoms with Gasteiger partial charge in [0.1, 0.15) is 0 Å². The topological polar surface area (TPSA) is 97.7 Å². The molecule has 1 fully saturated rings. The maximum atomic E-state index is 12.3. The van der Waals surface area contributed by atoms with Crippen molar-refractivity contribution in [1.82, 2.24) is 14.2 Å². The first-order chi connectivity index (χ1) is 11.2. The van der Waals surface area contributed by atoms with Crippen LogP contribution in [0.1, 0.15) is 17.3 Å².